The van der Waals surface area contributed by atoms with E-state index in [1.54, 1.807) is 0 Å². The summed E-state index contributed by atoms with van der Waals surface area (Å²) in [5.41, 5.74) is -2.92. The Bertz CT molecular complexity index is 536. The van der Waals surface area contributed by atoms with Crippen molar-refractivity contribution in [3.63, 3.8) is 0 Å². The molecule has 0 saturated carbocycles. The van der Waals surface area contributed by atoms with Gasteiger partial charge < -0.3 is 5.32 Å². The molecule has 2 rings (SSSR count). The molecular formula is C12H9F6NOS. The molecule has 1 amide bonds. The second-order valence-electron chi connectivity index (χ2n) is 4.60. The van der Waals surface area contributed by atoms with Crippen LogP contribution in [0.25, 0.3) is 0 Å². The summed E-state index contributed by atoms with van der Waals surface area (Å²) in [7, 11) is 0. The van der Waals surface area contributed by atoms with Gasteiger partial charge in [-0.1, -0.05) is 11.8 Å². The molecule has 116 valence electrons. The van der Waals surface area contributed by atoms with E-state index in [9.17, 15) is 31.1 Å². The Morgan fingerprint density at radius 3 is 1.81 bits per heavy atom. The van der Waals surface area contributed by atoms with Crippen LogP contribution in [0.15, 0.2) is 18.2 Å². The summed E-state index contributed by atoms with van der Waals surface area (Å²) in [6.07, 6.45) is -9.78. The van der Waals surface area contributed by atoms with Gasteiger partial charge in [-0.3, -0.25) is 4.79 Å². The number of thioether (sulfide) groups is 1. The second kappa shape index (κ2) is 5.11. The summed E-state index contributed by atoms with van der Waals surface area (Å²) >= 11 is 0.681. The zero-order valence-corrected chi connectivity index (χ0v) is 11.3. The molecule has 0 spiro atoms. The van der Waals surface area contributed by atoms with Gasteiger partial charge in [0.1, 0.15) is 0 Å². The molecule has 1 aliphatic heterocycles. The van der Waals surface area contributed by atoms with Crippen LogP contribution in [0.4, 0.5) is 31.1 Å². The van der Waals surface area contributed by atoms with Crippen LogP contribution in [-0.4, -0.2) is 11.3 Å². The molecule has 1 N–H and O–H groups in total. The third kappa shape index (κ3) is 3.45. The van der Waals surface area contributed by atoms with Gasteiger partial charge in [0, 0.05) is 6.04 Å². The summed E-state index contributed by atoms with van der Waals surface area (Å²) in [5.74, 6) is 0. The maximum Gasteiger partial charge on any atom is 0.416 e. The van der Waals surface area contributed by atoms with Crippen LogP contribution in [0.5, 0.6) is 0 Å². The van der Waals surface area contributed by atoms with E-state index in [2.05, 4.69) is 5.32 Å². The predicted molar refractivity (Wildman–Crippen MR) is 64.8 cm³/mol. The largest absolute Gasteiger partial charge is 0.416 e. The third-order valence-corrected chi connectivity index (χ3v) is 4.24. The van der Waals surface area contributed by atoms with Crippen LogP contribution in [0.3, 0.4) is 0 Å². The topological polar surface area (TPSA) is 29.1 Å². The highest BCUT2D eigenvalue weighted by Gasteiger charge is 2.39. The van der Waals surface area contributed by atoms with Crippen molar-refractivity contribution in [3.05, 3.63) is 34.9 Å². The number of halogens is 6. The number of hydrogen-bond acceptors (Lipinski definition) is 2. The van der Waals surface area contributed by atoms with E-state index in [4.69, 9.17) is 0 Å². The molecule has 0 aliphatic carbocycles. The number of amides is 1. The molecule has 1 saturated heterocycles. The Morgan fingerprint density at radius 2 is 1.48 bits per heavy atom. The van der Waals surface area contributed by atoms with Crippen molar-refractivity contribution in [2.24, 2.45) is 0 Å². The Kier molecular flexibility index (Phi) is 3.90. The SMILES string of the molecule is C[C@@H]1NC(=O)S[C@@H]1c1cc(C(F)(F)F)cc(C(F)(F)F)c1. The van der Waals surface area contributed by atoms with Crippen LogP contribution in [0, 0.1) is 0 Å². The van der Waals surface area contributed by atoms with Crippen LogP contribution < -0.4 is 5.32 Å². The molecule has 1 aliphatic rings. The minimum absolute atomic E-state index is 0.0725. The predicted octanol–water partition coefficient (Wildman–Crippen LogP) is 4.61. The highest BCUT2D eigenvalue weighted by molar-refractivity contribution is 8.14. The van der Waals surface area contributed by atoms with Gasteiger partial charge in [-0.25, -0.2) is 0 Å². The second-order valence-corrected chi connectivity index (χ2v) is 5.71. The highest BCUT2D eigenvalue weighted by Crippen LogP contribution is 2.42. The lowest BCUT2D eigenvalue weighted by Crippen LogP contribution is -2.24. The number of carbonyl (C=O) groups excluding carboxylic acids is 1. The quantitative estimate of drug-likeness (QED) is 0.762. The maximum atomic E-state index is 12.7. The first-order chi connectivity index (χ1) is 9.48. The molecule has 1 fully saturated rings. The van der Waals surface area contributed by atoms with Gasteiger partial charge in [0.2, 0.25) is 0 Å². The highest BCUT2D eigenvalue weighted by atomic mass is 32.2. The van der Waals surface area contributed by atoms with E-state index in [0.717, 1.165) is 0 Å². The molecule has 1 aromatic carbocycles. The van der Waals surface area contributed by atoms with Crippen LogP contribution in [0.2, 0.25) is 0 Å². The number of nitrogens with one attached hydrogen (secondary N) is 1. The van der Waals surface area contributed by atoms with Crippen LogP contribution >= 0.6 is 11.8 Å². The molecule has 0 unspecified atom stereocenters. The van der Waals surface area contributed by atoms with E-state index in [0.29, 0.717) is 23.9 Å². The lowest BCUT2D eigenvalue weighted by molar-refractivity contribution is -0.143. The van der Waals surface area contributed by atoms with E-state index in [-0.39, 0.29) is 11.6 Å². The number of benzene rings is 1. The first-order valence-electron chi connectivity index (χ1n) is 5.75. The van der Waals surface area contributed by atoms with Gasteiger partial charge in [-0.2, -0.15) is 26.3 Å². The first-order valence-corrected chi connectivity index (χ1v) is 6.63. The maximum absolute atomic E-state index is 12.7. The van der Waals surface area contributed by atoms with Gasteiger partial charge in [-0.05, 0) is 30.7 Å². The van der Waals surface area contributed by atoms with Gasteiger partial charge in [0.25, 0.3) is 5.24 Å². The molecule has 9 heteroatoms. The van der Waals surface area contributed by atoms with Crippen LogP contribution in [-0.2, 0) is 12.4 Å². The fourth-order valence-corrected chi connectivity index (χ4v) is 3.04. The van der Waals surface area contributed by atoms with Crippen molar-refractivity contribution >= 4 is 17.0 Å². The fraction of sp³-hybridized carbons (Fsp3) is 0.417. The fourth-order valence-electron chi connectivity index (χ4n) is 2.01. The molecule has 0 aromatic heterocycles. The minimum atomic E-state index is -4.89. The van der Waals surface area contributed by atoms with E-state index in [1.165, 1.54) is 6.92 Å². The summed E-state index contributed by atoms with van der Waals surface area (Å²) in [6, 6.07) is 0.836. The van der Waals surface area contributed by atoms with Gasteiger partial charge in [-0.15, -0.1) is 0 Å². The zero-order valence-electron chi connectivity index (χ0n) is 10.5. The molecule has 2 nitrogen and oxygen atoms in total. The number of rotatable bonds is 1. The summed E-state index contributed by atoms with van der Waals surface area (Å²) in [4.78, 5) is 11.2. The first kappa shape index (κ1) is 16.0. The van der Waals surface area contributed by atoms with E-state index in [1.807, 2.05) is 0 Å². The molecule has 0 bridgehead atoms. The van der Waals surface area contributed by atoms with Crippen molar-refractivity contribution in [3.8, 4) is 0 Å². The Morgan fingerprint density at radius 1 is 1.00 bits per heavy atom. The normalized spacial score (nSPS) is 23.3. The standard InChI is InChI=1S/C12H9F6NOS/c1-5-9(21-10(20)19-5)6-2-7(11(13,14)15)4-8(3-6)12(16,17)18/h2-5,9H,1H3,(H,19,20)/t5-,9-/m0/s1. The summed E-state index contributed by atoms with van der Waals surface area (Å²) < 4.78 is 76.4. The number of carbonyl (C=O) groups is 1. The average molecular weight is 329 g/mol. The average Bonchev–Trinajstić information content (AvgIpc) is 2.65. The van der Waals surface area contributed by atoms with Crippen molar-refractivity contribution in [2.45, 2.75) is 30.6 Å². The zero-order chi connectivity index (χ0) is 16.0. The minimum Gasteiger partial charge on any atom is -0.343 e. The molecule has 1 aromatic rings. The van der Waals surface area contributed by atoms with Crippen molar-refractivity contribution in [2.75, 3.05) is 0 Å². The molecule has 0 radical (unpaired) electrons. The Hall–Kier alpha value is -1.38. The monoisotopic (exact) mass is 329 g/mol. The number of hydrogen-bond donors (Lipinski definition) is 1. The van der Waals surface area contributed by atoms with Crippen molar-refractivity contribution in [1.29, 1.82) is 0 Å². The van der Waals surface area contributed by atoms with Gasteiger partial charge in [0.15, 0.2) is 0 Å². The molecular weight excluding hydrogens is 320 g/mol. The third-order valence-electron chi connectivity index (χ3n) is 2.97. The molecule has 21 heavy (non-hydrogen) atoms. The molecule has 2 atom stereocenters. The smallest absolute Gasteiger partial charge is 0.343 e. The lowest BCUT2D eigenvalue weighted by Gasteiger charge is -2.18. The van der Waals surface area contributed by atoms with Crippen molar-refractivity contribution in [1.82, 2.24) is 5.32 Å². The number of alkyl halides is 6. The summed E-state index contributed by atoms with van der Waals surface area (Å²) in [6.45, 7) is 1.52. The van der Waals surface area contributed by atoms with Crippen LogP contribution in [0.1, 0.15) is 28.9 Å². The van der Waals surface area contributed by atoms with Gasteiger partial charge in [0.05, 0.1) is 16.4 Å². The Balaban J connectivity index is 2.53. The van der Waals surface area contributed by atoms with E-state index < -0.39 is 40.0 Å². The Labute approximate surface area is 119 Å². The lowest BCUT2D eigenvalue weighted by atomic mass is 9.99. The van der Waals surface area contributed by atoms with E-state index >= 15 is 0 Å². The van der Waals surface area contributed by atoms with Gasteiger partial charge >= 0.3 is 12.4 Å². The molecule has 1 heterocycles. The summed E-state index contributed by atoms with van der Waals surface area (Å²) in [5, 5.41) is 1.18. The van der Waals surface area contributed by atoms with Crippen molar-refractivity contribution < 1.29 is 31.1 Å².